The number of carbonyl (C=O) groups is 2. The molecule has 2 saturated carbocycles. The molecular formula is C50H90O7Si2. The average molecular weight is 859 g/mol. The highest BCUT2D eigenvalue weighted by molar-refractivity contribution is 6.74. The Morgan fingerprint density at radius 1 is 0.610 bits per heavy atom. The summed E-state index contributed by atoms with van der Waals surface area (Å²) < 4.78 is 19.6. The Hall–Kier alpha value is -1.11. The fourth-order valence-electron chi connectivity index (χ4n) is 11.3. The van der Waals surface area contributed by atoms with E-state index in [1.807, 2.05) is 13.8 Å². The molecule has 0 spiro atoms. The minimum atomic E-state index is -1.96. The second-order valence-corrected chi connectivity index (χ2v) is 33.7. The minimum absolute atomic E-state index is 0.123. The quantitative estimate of drug-likeness (QED) is 0.0776. The third kappa shape index (κ3) is 11.7. The molecule has 2 fully saturated rings. The first kappa shape index (κ1) is 50.5. The van der Waals surface area contributed by atoms with Gasteiger partial charge in [-0.2, -0.15) is 0 Å². The van der Waals surface area contributed by atoms with Crippen LogP contribution in [0.15, 0.2) is 23.3 Å². The minimum Gasteiger partial charge on any atom is -0.417 e. The monoisotopic (exact) mass is 859 g/mol. The summed E-state index contributed by atoms with van der Waals surface area (Å²) in [7, 11) is -3.92. The van der Waals surface area contributed by atoms with Crippen LogP contribution in [0.2, 0.25) is 36.3 Å². The molecule has 0 saturated heterocycles. The van der Waals surface area contributed by atoms with Gasteiger partial charge in [-0.15, -0.1) is 0 Å². The largest absolute Gasteiger partial charge is 0.417 e. The van der Waals surface area contributed by atoms with Gasteiger partial charge >= 0.3 is 11.9 Å². The molecule has 2 N–H and O–H groups in total. The lowest BCUT2D eigenvalue weighted by Crippen LogP contribution is -2.49. The van der Waals surface area contributed by atoms with Gasteiger partial charge in [0.05, 0.1) is 24.0 Å². The first-order chi connectivity index (χ1) is 27.0. The van der Waals surface area contributed by atoms with Gasteiger partial charge in [0.2, 0.25) is 0 Å². The van der Waals surface area contributed by atoms with Crippen LogP contribution < -0.4 is 0 Å². The van der Waals surface area contributed by atoms with Gasteiger partial charge in [0, 0.05) is 13.2 Å². The van der Waals surface area contributed by atoms with E-state index in [4.69, 9.17) is 13.6 Å². The van der Waals surface area contributed by atoms with E-state index in [0.29, 0.717) is 48.3 Å². The van der Waals surface area contributed by atoms with Crippen LogP contribution in [0.5, 0.6) is 0 Å². The maximum atomic E-state index is 14.1. The van der Waals surface area contributed by atoms with Crippen molar-refractivity contribution >= 4 is 28.6 Å². The van der Waals surface area contributed by atoms with Gasteiger partial charge < -0.3 is 23.8 Å². The van der Waals surface area contributed by atoms with Gasteiger partial charge in [-0.05, 0) is 160 Å². The van der Waals surface area contributed by atoms with Crippen LogP contribution in [0.3, 0.4) is 0 Å². The molecule has 340 valence electrons. The highest BCUT2D eigenvalue weighted by atomic mass is 28.4. The van der Waals surface area contributed by atoms with Gasteiger partial charge in [0.1, 0.15) is 0 Å². The number of carbonyl (C=O) groups excluding carboxylic acids is 2. The molecule has 4 rings (SSSR count). The summed E-state index contributed by atoms with van der Waals surface area (Å²) in [6.07, 6.45) is 8.16. The zero-order chi connectivity index (χ0) is 44.7. The third-order valence-electron chi connectivity index (χ3n) is 17.3. The summed E-state index contributed by atoms with van der Waals surface area (Å²) in [6, 6.07) is 0. The number of esters is 2. The van der Waals surface area contributed by atoms with E-state index in [2.05, 4.69) is 121 Å². The predicted octanol–water partition coefficient (Wildman–Crippen LogP) is 11.9. The van der Waals surface area contributed by atoms with Gasteiger partial charge in [-0.3, -0.25) is 9.59 Å². The number of hydrogen-bond donors (Lipinski definition) is 2. The van der Waals surface area contributed by atoms with Crippen molar-refractivity contribution in [2.24, 2.45) is 82.9 Å². The highest BCUT2D eigenvalue weighted by Gasteiger charge is 2.51. The van der Waals surface area contributed by atoms with Gasteiger partial charge in [0.15, 0.2) is 16.6 Å². The van der Waals surface area contributed by atoms with E-state index in [1.165, 1.54) is 11.1 Å². The number of allylic oxidation sites excluding steroid dienone is 4. The van der Waals surface area contributed by atoms with Crippen LogP contribution in [0.4, 0.5) is 0 Å². The number of rotatable bonds is 14. The SMILES string of the molecule is CC1=C[C@@H]2[C@H]([C@H](C)C(=O)OC(=O)[C@@H](C)[C@@H]3C[C@H](O)C[C@H]4[C@@H]3C=C(C)C[C@H]4[C@H](CO[Si](C)(C)C(C)(C)C)C(C)C)C[C@H](O)C[C@@H]2[C@H]([C@H](CO[Si](C)(C)C(C)(C)C)C(C)C)C1. The Kier molecular flexibility index (Phi) is 16.6. The van der Waals surface area contributed by atoms with E-state index in [0.717, 1.165) is 38.9 Å². The molecule has 0 aromatic heterocycles. The average Bonchev–Trinajstić information content (AvgIpc) is 3.09. The van der Waals surface area contributed by atoms with E-state index >= 15 is 0 Å². The summed E-state index contributed by atoms with van der Waals surface area (Å²) in [4.78, 5) is 28.3. The molecule has 7 nitrogen and oxygen atoms in total. The Morgan fingerprint density at radius 3 is 1.22 bits per heavy atom. The summed E-state index contributed by atoms with van der Waals surface area (Å²) >= 11 is 0. The molecule has 4 aliphatic carbocycles. The third-order valence-corrected chi connectivity index (χ3v) is 26.3. The standard InChI is InChI=1S/C50H90O7Si2/c1-29(2)45(27-55-58(15,16)49(9,10)11)41-21-31(5)19-39-37(23-35(51)25-43(39)41)33(7)47(53)57-48(54)34(8)38-24-36(52)26-44-40(38)20-32(6)22-42(44)46(30(3)4)28-56-59(17,18)50(12,13)14/h19-20,29-30,33-46,51-52H,21-28H2,1-18H3/t33-,34-,35-,36-,37-,38-,39+,40+,41+,42+,43-,44-,45+,46+/m0/s1. The smallest absolute Gasteiger partial charge is 0.316 e. The summed E-state index contributed by atoms with van der Waals surface area (Å²) in [5.41, 5.74) is 2.68. The topological polar surface area (TPSA) is 102 Å². The first-order valence-electron chi connectivity index (χ1n) is 23.7. The summed E-state index contributed by atoms with van der Waals surface area (Å²) in [5, 5.41) is 23.1. The van der Waals surface area contributed by atoms with Crippen LogP contribution in [0, 0.1) is 82.9 Å². The normalized spacial score (nSPS) is 33.0. The van der Waals surface area contributed by atoms with Crippen molar-refractivity contribution in [3.8, 4) is 0 Å². The number of aliphatic hydroxyl groups excluding tert-OH is 2. The van der Waals surface area contributed by atoms with Crippen molar-refractivity contribution in [2.45, 2.75) is 184 Å². The van der Waals surface area contributed by atoms with Crippen molar-refractivity contribution < 1.29 is 33.4 Å². The van der Waals surface area contributed by atoms with Crippen LogP contribution in [0.1, 0.15) is 135 Å². The molecule has 0 aromatic rings. The lowest BCUT2D eigenvalue weighted by Gasteiger charge is -2.50. The van der Waals surface area contributed by atoms with Crippen molar-refractivity contribution in [1.82, 2.24) is 0 Å². The molecule has 14 atom stereocenters. The van der Waals surface area contributed by atoms with Crippen LogP contribution in [-0.4, -0.2) is 64.2 Å². The maximum absolute atomic E-state index is 14.1. The Labute approximate surface area is 363 Å². The molecule has 0 heterocycles. The van der Waals surface area contributed by atoms with Crippen LogP contribution >= 0.6 is 0 Å². The van der Waals surface area contributed by atoms with Gasteiger partial charge in [-0.1, -0.05) is 106 Å². The Balaban J connectivity index is 1.51. The van der Waals surface area contributed by atoms with E-state index in [1.54, 1.807) is 0 Å². The fraction of sp³-hybridized carbons (Fsp3) is 0.880. The molecule has 59 heavy (non-hydrogen) atoms. The highest BCUT2D eigenvalue weighted by Crippen LogP contribution is 2.54. The van der Waals surface area contributed by atoms with E-state index < -0.39 is 52.6 Å². The number of ether oxygens (including phenoxy) is 1. The van der Waals surface area contributed by atoms with Gasteiger partial charge in [-0.25, -0.2) is 0 Å². The zero-order valence-corrected chi connectivity index (χ0v) is 43.0. The second kappa shape index (κ2) is 19.3. The molecule has 0 aliphatic heterocycles. The number of hydrogen-bond acceptors (Lipinski definition) is 7. The first-order valence-corrected chi connectivity index (χ1v) is 29.5. The van der Waals surface area contributed by atoms with Crippen LogP contribution in [-0.2, 0) is 23.2 Å². The molecule has 0 aromatic carbocycles. The molecule has 4 aliphatic rings. The summed E-state index contributed by atoms with van der Waals surface area (Å²) in [6.45, 7) is 41.9. The van der Waals surface area contributed by atoms with Crippen molar-refractivity contribution in [3.05, 3.63) is 23.3 Å². The Morgan fingerprint density at radius 2 is 0.932 bits per heavy atom. The van der Waals surface area contributed by atoms with Gasteiger partial charge in [0.25, 0.3) is 0 Å². The van der Waals surface area contributed by atoms with E-state index in [9.17, 15) is 19.8 Å². The van der Waals surface area contributed by atoms with Crippen molar-refractivity contribution in [3.63, 3.8) is 0 Å². The maximum Gasteiger partial charge on any atom is 0.316 e. The molecular weight excluding hydrogens is 769 g/mol. The Bertz CT molecular complexity index is 1390. The number of fused-ring (bicyclic) bond motifs is 2. The summed E-state index contributed by atoms with van der Waals surface area (Å²) in [5.74, 6) is 0.562. The number of aliphatic hydroxyl groups is 2. The molecule has 0 unspecified atom stereocenters. The molecule has 0 bridgehead atoms. The lowest BCUT2D eigenvalue weighted by atomic mass is 9.56. The van der Waals surface area contributed by atoms with Crippen molar-refractivity contribution in [2.75, 3.05) is 13.2 Å². The fourth-order valence-corrected chi connectivity index (χ4v) is 13.4. The van der Waals surface area contributed by atoms with Crippen molar-refractivity contribution in [1.29, 1.82) is 0 Å². The lowest BCUT2D eigenvalue weighted by molar-refractivity contribution is -0.170. The second-order valence-electron chi connectivity index (χ2n) is 24.1. The predicted molar refractivity (Wildman–Crippen MR) is 248 cm³/mol. The molecule has 0 amide bonds. The van der Waals surface area contributed by atoms with E-state index in [-0.39, 0.29) is 45.6 Å². The molecule has 9 heteroatoms. The van der Waals surface area contributed by atoms with Crippen LogP contribution in [0.25, 0.3) is 0 Å². The zero-order valence-electron chi connectivity index (χ0n) is 41.0. The molecule has 0 radical (unpaired) electrons.